The molecule has 0 rings (SSSR count). The topological polar surface area (TPSA) is 141 Å². The molecule has 1 atom stereocenters. The van der Waals surface area contributed by atoms with E-state index in [1.165, 1.54) is 0 Å². The third kappa shape index (κ3) is 2.59. The molecule has 0 saturated carbocycles. The normalized spacial score (nSPS) is 15.8. The van der Waals surface area contributed by atoms with E-state index in [4.69, 9.17) is 25.6 Å². The molecule has 80 valence electrons. The van der Waals surface area contributed by atoms with Crippen LogP contribution >= 0.6 is 0 Å². The zero-order valence-corrected chi connectivity index (χ0v) is 7.61. The van der Waals surface area contributed by atoms with Gasteiger partial charge in [-0.3, -0.25) is 4.55 Å². The van der Waals surface area contributed by atoms with Crippen molar-refractivity contribution in [3.8, 4) is 0 Å². The quantitative estimate of drug-likeness (QED) is 0.310. The van der Waals surface area contributed by atoms with Crippen LogP contribution in [0.25, 0.3) is 0 Å². The Kier molecular flexibility index (Phi) is 4.23. The lowest BCUT2D eigenvalue weighted by atomic mass is 9.91. The average Bonchev–Trinajstić information content (AvgIpc) is 2.07. The molecule has 0 aromatic rings. The summed E-state index contributed by atoms with van der Waals surface area (Å²) < 4.78 is 29.6. The Morgan fingerprint density at radius 3 is 1.54 bits per heavy atom. The van der Waals surface area contributed by atoms with E-state index in [1.807, 2.05) is 0 Å². The van der Waals surface area contributed by atoms with Crippen LogP contribution in [0.3, 0.4) is 0 Å². The highest BCUT2D eigenvalue weighted by molar-refractivity contribution is 7.86. The smallest absolute Gasteiger partial charge is 0.281 e. The van der Waals surface area contributed by atoms with Crippen molar-refractivity contribution in [3.63, 3.8) is 0 Å². The molecule has 0 saturated heterocycles. The molecule has 0 spiro atoms. The third-order valence-electron chi connectivity index (χ3n) is 1.87. The molecule has 6 N–H and O–H groups in total. The van der Waals surface area contributed by atoms with E-state index in [0.717, 1.165) is 0 Å². The summed E-state index contributed by atoms with van der Waals surface area (Å²) in [6.07, 6.45) is 0. The molecule has 0 radical (unpaired) electrons. The molecule has 0 bridgehead atoms. The van der Waals surface area contributed by atoms with Gasteiger partial charge in [-0.25, -0.2) is 0 Å². The fourth-order valence-corrected chi connectivity index (χ4v) is 1.59. The van der Waals surface area contributed by atoms with Gasteiger partial charge in [-0.2, -0.15) is 8.42 Å². The molecular formula is C5H13NO6S. The zero-order chi connectivity index (χ0) is 10.7. The minimum Gasteiger partial charge on any atom is -0.396 e. The van der Waals surface area contributed by atoms with Crippen LogP contribution in [0.1, 0.15) is 0 Å². The Hall–Kier alpha value is -0.250. The molecule has 13 heavy (non-hydrogen) atoms. The molecule has 7 nitrogen and oxygen atoms in total. The van der Waals surface area contributed by atoms with Crippen molar-refractivity contribution in [2.24, 2.45) is 11.1 Å². The summed E-state index contributed by atoms with van der Waals surface area (Å²) in [5, 5.41) is 24.3. The van der Waals surface area contributed by atoms with E-state index in [-0.39, 0.29) is 0 Å². The first kappa shape index (κ1) is 12.8. The lowest BCUT2D eigenvalue weighted by Gasteiger charge is -2.31. The molecule has 0 aliphatic heterocycles. The summed E-state index contributed by atoms with van der Waals surface area (Å²) in [5.41, 5.74) is 3.22. The lowest BCUT2D eigenvalue weighted by Crippen LogP contribution is -2.53. The number of rotatable bonds is 5. The highest BCUT2D eigenvalue weighted by Crippen LogP contribution is 2.21. The molecule has 0 amide bonds. The van der Waals surface area contributed by atoms with E-state index in [1.54, 1.807) is 0 Å². The van der Waals surface area contributed by atoms with Gasteiger partial charge in [0.2, 0.25) is 0 Å². The van der Waals surface area contributed by atoms with E-state index in [9.17, 15) is 8.42 Å². The SMILES string of the molecule is NC(C(CO)(CO)CO)S(=O)(=O)O. The van der Waals surface area contributed by atoms with Gasteiger partial charge in [-0.1, -0.05) is 0 Å². The molecule has 0 aliphatic rings. The summed E-state index contributed by atoms with van der Waals surface area (Å²) in [6.45, 7) is -2.54. The number of hydrogen-bond donors (Lipinski definition) is 5. The first-order valence-electron chi connectivity index (χ1n) is 3.38. The summed E-state index contributed by atoms with van der Waals surface area (Å²) in [4.78, 5) is 0. The minimum atomic E-state index is -4.60. The van der Waals surface area contributed by atoms with Gasteiger partial charge >= 0.3 is 0 Å². The Balaban J connectivity index is 4.96. The Morgan fingerprint density at radius 1 is 1.15 bits per heavy atom. The first-order valence-corrected chi connectivity index (χ1v) is 4.89. The fraction of sp³-hybridized carbons (Fsp3) is 1.00. The second-order valence-electron chi connectivity index (χ2n) is 2.77. The van der Waals surface area contributed by atoms with Gasteiger partial charge in [0.15, 0.2) is 0 Å². The third-order valence-corrected chi connectivity index (χ3v) is 3.01. The average molecular weight is 215 g/mol. The largest absolute Gasteiger partial charge is 0.396 e. The molecular weight excluding hydrogens is 202 g/mol. The highest BCUT2D eigenvalue weighted by Gasteiger charge is 2.42. The summed E-state index contributed by atoms with van der Waals surface area (Å²) >= 11 is 0. The Labute approximate surface area is 75.6 Å². The Morgan fingerprint density at radius 2 is 1.46 bits per heavy atom. The van der Waals surface area contributed by atoms with E-state index >= 15 is 0 Å². The fourth-order valence-electron chi connectivity index (χ4n) is 0.736. The molecule has 1 unspecified atom stereocenters. The zero-order valence-electron chi connectivity index (χ0n) is 6.79. The van der Waals surface area contributed by atoms with Gasteiger partial charge in [-0.05, 0) is 0 Å². The molecule has 0 fully saturated rings. The standard InChI is InChI=1S/C5H13NO6S/c6-4(13(10,11)12)5(1-7,2-8)3-9/h4,7-9H,1-3,6H2,(H,10,11,12). The van der Waals surface area contributed by atoms with Crippen LogP contribution in [-0.4, -0.2) is 53.5 Å². The highest BCUT2D eigenvalue weighted by atomic mass is 32.2. The number of hydrogen-bond acceptors (Lipinski definition) is 6. The van der Waals surface area contributed by atoms with Crippen LogP contribution in [0.5, 0.6) is 0 Å². The van der Waals surface area contributed by atoms with Gasteiger partial charge in [-0.15, -0.1) is 0 Å². The van der Waals surface area contributed by atoms with Gasteiger partial charge in [0, 0.05) is 0 Å². The molecule has 0 aliphatic carbocycles. The van der Waals surface area contributed by atoms with Crippen LogP contribution < -0.4 is 5.73 Å². The van der Waals surface area contributed by atoms with Crippen LogP contribution in [-0.2, 0) is 10.1 Å². The molecule has 0 aromatic carbocycles. The maximum atomic E-state index is 10.6. The predicted octanol–water partition coefficient (Wildman–Crippen LogP) is -2.88. The van der Waals surface area contributed by atoms with Crippen molar-refractivity contribution >= 4 is 10.1 Å². The van der Waals surface area contributed by atoms with Crippen LogP contribution in [0.2, 0.25) is 0 Å². The van der Waals surface area contributed by atoms with Crippen molar-refractivity contribution in [3.05, 3.63) is 0 Å². The maximum Gasteiger partial charge on any atom is 0.281 e. The Bertz CT molecular complexity index is 237. The molecule has 0 aromatic heterocycles. The van der Waals surface area contributed by atoms with E-state index in [0.29, 0.717) is 0 Å². The predicted molar refractivity (Wildman–Crippen MR) is 43.2 cm³/mol. The van der Waals surface area contributed by atoms with Crippen LogP contribution in [0, 0.1) is 5.41 Å². The van der Waals surface area contributed by atoms with Crippen molar-refractivity contribution in [2.45, 2.75) is 5.37 Å². The van der Waals surface area contributed by atoms with Crippen molar-refractivity contribution < 1.29 is 28.3 Å². The second-order valence-corrected chi connectivity index (χ2v) is 4.31. The number of aliphatic hydroxyl groups is 3. The summed E-state index contributed by atoms with van der Waals surface area (Å²) in [7, 11) is -4.60. The number of nitrogens with two attached hydrogens (primary N) is 1. The van der Waals surface area contributed by atoms with E-state index < -0.39 is 40.7 Å². The first-order chi connectivity index (χ1) is 5.84. The maximum absolute atomic E-state index is 10.6. The van der Waals surface area contributed by atoms with Crippen molar-refractivity contribution in [2.75, 3.05) is 19.8 Å². The van der Waals surface area contributed by atoms with Gasteiger partial charge in [0.25, 0.3) is 10.1 Å². The van der Waals surface area contributed by atoms with Gasteiger partial charge in [0.1, 0.15) is 5.37 Å². The van der Waals surface area contributed by atoms with Crippen LogP contribution in [0.4, 0.5) is 0 Å². The minimum absolute atomic E-state index is 0.846. The number of aliphatic hydroxyl groups excluding tert-OH is 3. The molecule has 8 heteroatoms. The van der Waals surface area contributed by atoms with Crippen molar-refractivity contribution in [1.82, 2.24) is 0 Å². The van der Waals surface area contributed by atoms with Gasteiger partial charge < -0.3 is 21.1 Å². The summed E-state index contributed by atoms with van der Waals surface area (Å²) in [6, 6.07) is 0. The second kappa shape index (κ2) is 4.31. The van der Waals surface area contributed by atoms with Gasteiger partial charge in [0.05, 0.1) is 25.2 Å². The van der Waals surface area contributed by atoms with E-state index in [2.05, 4.69) is 0 Å². The summed E-state index contributed by atoms with van der Waals surface area (Å²) in [5.74, 6) is 0. The van der Waals surface area contributed by atoms with Crippen LogP contribution in [0.15, 0.2) is 0 Å². The monoisotopic (exact) mass is 215 g/mol. The molecule has 0 heterocycles. The van der Waals surface area contributed by atoms with Crippen molar-refractivity contribution in [1.29, 1.82) is 0 Å². The lowest BCUT2D eigenvalue weighted by molar-refractivity contribution is 0.00192.